The molecule has 0 spiro atoms. The van der Waals surface area contributed by atoms with E-state index in [1.165, 1.54) is 59.9 Å². The van der Waals surface area contributed by atoms with Gasteiger partial charge in [-0.1, -0.05) is 127 Å². The molecule has 0 amide bonds. The molecule has 10 aromatic carbocycles. The zero-order valence-electron chi connectivity index (χ0n) is 39.9. The summed E-state index contributed by atoms with van der Waals surface area (Å²) in [4.78, 5) is 12.2. The molecule has 74 heavy (non-hydrogen) atoms. The second-order valence-electron chi connectivity index (χ2n) is 19.4. The number of para-hydroxylation sites is 4. The van der Waals surface area contributed by atoms with Gasteiger partial charge in [0.1, 0.15) is 0 Å². The van der Waals surface area contributed by atoms with Gasteiger partial charge in [0.2, 0.25) is 0 Å². The number of rotatable bonds is 6. The van der Waals surface area contributed by atoms with E-state index in [1.807, 2.05) is 24.5 Å². The zero-order valence-corrected chi connectivity index (χ0v) is 39.9. The molecule has 0 saturated carbocycles. The molecule has 0 saturated heterocycles. The first-order valence-electron chi connectivity index (χ1n) is 25.2. The Kier molecular flexibility index (Phi) is 8.64. The zero-order chi connectivity index (χ0) is 48.4. The fourth-order valence-corrected chi connectivity index (χ4v) is 12.3. The van der Waals surface area contributed by atoms with Crippen LogP contribution in [-0.4, -0.2) is 23.7 Å². The Balaban J connectivity index is 0.991. The number of fused-ring (bicyclic) bond motifs is 11. The van der Waals surface area contributed by atoms with Gasteiger partial charge in [-0.3, -0.25) is 9.97 Å². The Morgan fingerprint density at radius 1 is 0.257 bits per heavy atom. The van der Waals surface area contributed by atoms with Crippen molar-refractivity contribution in [3.8, 4) is 50.7 Å². The highest BCUT2D eigenvalue weighted by Crippen LogP contribution is 2.54. The number of benzene rings is 10. The third kappa shape index (κ3) is 5.88. The van der Waals surface area contributed by atoms with Gasteiger partial charge in [-0.25, -0.2) is 0 Å². The van der Waals surface area contributed by atoms with Crippen molar-refractivity contribution in [3.05, 3.63) is 255 Å². The molecule has 0 atom stereocenters. The maximum atomic E-state index is 4.88. The van der Waals surface area contributed by atoms with Gasteiger partial charge < -0.3 is 18.6 Å². The van der Waals surface area contributed by atoms with E-state index in [0.717, 1.165) is 84.0 Å². The van der Waals surface area contributed by atoms with Crippen molar-refractivity contribution in [1.29, 1.82) is 0 Å². The van der Waals surface area contributed by atoms with Gasteiger partial charge in [0.15, 0.2) is 0 Å². The van der Waals surface area contributed by atoms with Crippen molar-refractivity contribution in [2.24, 2.45) is 0 Å². The first kappa shape index (κ1) is 40.7. The molecule has 5 aromatic heterocycles. The topological polar surface area (TPSA) is 43.8 Å². The lowest BCUT2D eigenvalue weighted by Gasteiger charge is -2.34. The molecule has 0 radical (unpaired) electrons. The van der Waals surface area contributed by atoms with E-state index >= 15 is 0 Å². The van der Waals surface area contributed by atoms with Crippen LogP contribution in [-0.2, 0) is 0 Å². The fourth-order valence-electron chi connectivity index (χ4n) is 12.3. The summed E-state index contributed by atoms with van der Waals surface area (Å²) in [5.41, 5.74) is 19.9. The SMILES string of the molecule is c1ccc(-c2ccc3c(c2)c2cc4c(cc2n3-c2cccc(-n3c5ccccc5c5ccccc53)c2)N(c2cccc(-n3c5ccccc5c5ccccc53)c2)c2cccc3c(-c5ccccn5)ccc-4c23)nc1. The number of nitrogens with zero attached hydrogens (tertiary/aromatic N) is 6. The minimum atomic E-state index is 0.941. The Bertz CT molecular complexity index is 4680. The summed E-state index contributed by atoms with van der Waals surface area (Å²) in [6.45, 7) is 0. The molecule has 6 nitrogen and oxygen atoms in total. The molecular weight excluding hydrogens is 901 g/mol. The van der Waals surface area contributed by atoms with Gasteiger partial charge in [-0.15, -0.1) is 0 Å². The van der Waals surface area contributed by atoms with Crippen LogP contribution in [0.5, 0.6) is 0 Å². The van der Waals surface area contributed by atoms with E-state index in [-0.39, 0.29) is 0 Å². The van der Waals surface area contributed by atoms with Crippen molar-refractivity contribution < 1.29 is 0 Å². The molecule has 0 unspecified atom stereocenters. The Labute approximate surface area is 425 Å². The summed E-state index contributed by atoms with van der Waals surface area (Å²) in [5.74, 6) is 0. The normalized spacial score (nSPS) is 12.3. The lowest BCUT2D eigenvalue weighted by Crippen LogP contribution is -2.16. The maximum Gasteiger partial charge on any atom is 0.0708 e. The van der Waals surface area contributed by atoms with Crippen molar-refractivity contribution in [3.63, 3.8) is 0 Å². The lowest BCUT2D eigenvalue weighted by atomic mass is 9.87. The molecular formula is C68H42N6. The fraction of sp³-hybridized carbons (Fsp3) is 0. The van der Waals surface area contributed by atoms with Crippen LogP contribution in [0, 0.1) is 0 Å². The number of hydrogen-bond donors (Lipinski definition) is 0. The average molecular weight is 943 g/mol. The van der Waals surface area contributed by atoms with Crippen LogP contribution in [0.2, 0.25) is 0 Å². The number of aromatic nitrogens is 5. The van der Waals surface area contributed by atoms with Crippen LogP contribution < -0.4 is 4.90 Å². The highest BCUT2D eigenvalue weighted by Gasteiger charge is 2.30. The standard InChI is InChI=1S/C68H42N6/c1-5-27-60-49(20-1)50-21-2-6-28-61(50)71(60)44-16-13-18-46(39-44)73-64-35-32-43(58-25-9-11-36-69-58)38-55(64)57-41-56-54-34-33-48(59-26-10-12-37-70-59)53-24-15-31-65(68(53)54)74(66(56)42-67(57)73)47-19-14-17-45(40-47)72-62-29-7-3-22-51(62)52-23-4-8-30-63(52)72/h1-42H. The number of hydrogen-bond acceptors (Lipinski definition) is 3. The van der Waals surface area contributed by atoms with Gasteiger partial charge in [-0.2, -0.15) is 0 Å². The van der Waals surface area contributed by atoms with Crippen molar-refractivity contribution in [2.75, 3.05) is 4.90 Å². The third-order valence-electron chi connectivity index (χ3n) is 15.4. The predicted molar refractivity (Wildman–Crippen MR) is 307 cm³/mol. The van der Waals surface area contributed by atoms with Gasteiger partial charge in [-0.05, 0) is 126 Å². The average Bonchev–Trinajstić information content (AvgIpc) is 4.14. The maximum absolute atomic E-state index is 4.88. The van der Waals surface area contributed by atoms with Crippen LogP contribution in [0.1, 0.15) is 0 Å². The summed E-state index contributed by atoms with van der Waals surface area (Å²) in [5, 5.41) is 9.64. The molecule has 1 aliphatic rings. The molecule has 6 heteroatoms. The minimum absolute atomic E-state index is 0.941. The first-order valence-corrected chi connectivity index (χ1v) is 25.2. The second-order valence-corrected chi connectivity index (χ2v) is 19.4. The van der Waals surface area contributed by atoms with E-state index < -0.39 is 0 Å². The van der Waals surface area contributed by atoms with Gasteiger partial charge in [0.25, 0.3) is 0 Å². The van der Waals surface area contributed by atoms with Crippen LogP contribution >= 0.6 is 0 Å². The third-order valence-corrected chi connectivity index (χ3v) is 15.4. The van der Waals surface area contributed by atoms with Crippen LogP contribution in [0.3, 0.4) is 0 Å². The molecule has 344 valence electrons. The Hall–Kier alpha value is -10.0. The van der Waals surface area contributed by atoms with Crippen LogP contribution in [0.4, 0.5) is 17.1 Å². The number of pyridine rings is 2. The highest BCUT2D eigenvalue weighted by atomic mass is 15.2. The molecule has 0 bridgehead atoms. The quantitative estimate of drug-likeness (QED) is 0.167. The van der Waals surface area contributed by atoms with E-state index in [4.69, 9.17) is 9.97 Å². The Morgan fingerprint density at radius 2 is 0.730 bits per heavy atom. The molecule has 15 aromatic rings. The van der Waals surface area contributed by atoms with Gasteiger partial charge in [0.05, 0.1) is 55.9 Å². The second kappa shape index (κ2) is 15.7. The summed E-state index contributed by atoms with van der Waals surface area (Å²) in [6, 6.07) is 88.5. The van der Waals surface area contributed by atoms with Gasteiger partial charge >= 0.3 is 0 Å². The number of anilines is 3. The highest BCUT2D eigenvalue weighted by molar-refractivity contribution is 6.21. The first-order chi connectivity index (χ1) is 36.7. The van der Waals surface area contributed by atoms with E-state index in [1.54, 1.807) is 0 Å². The van der Waals surface area contributed by atoms with E-state index in [0.29, 0.717) is 0 Å². The molecule has 1 aliphatic heterocycles. The molecule has 0 N–H and O–H groups in total. The van der Waals surface area contributed by atoms with Crippen molar-refractivity contribution in [1.82, 2.24) is 23.7 Å². The molecule has 0 aliphatic carbocycles. The van der Waals surface area contributed by atoms with Crippen LogP contribution in [0.15, 0.2) is 255 Å². The largest absolute Gasteiger partial charge is 0.309 e. The van der Waals surface area contributed by atoms with Gasteiger partial charge in [0, 0.05) is 89.5 Å². The summed E-state index contributed by atoms with van der Waals surface area (Å²) >= 11 is 0. The van der Waals surface area contributed by atoms with Crippen molar-refractivity contribution in [2.45, 2.75) is 0 Å². The van der Waals surface area contributed by atoms with E-state index in [2.05, 4.69) is 249 Å². The van der Waals surface area contributed by atoms with Crippen molar-refractivity contribution >= 4 is 93.3 Å². The summed E-state index contributed by atoms with van der Waals surface area (Å²) < 4.78 is 7.29. The Morgan fingerprint density at radius 3 is 1.32 bits per heavy atom. The smallest absolute Gasteiger partial charge is 0.0708 e. The lowest BCUT2D eigenvalue weighted by molar-refractivity contribution is 1.13. The van der Waals surface area contributed by atoms with E-state index in [9.17, 15) is 0 Å². The molecule has 6 heterocycles. The minimum Gasteiger partial charge on any atom is -0.309 e. The summed E-state index contributed by atoms with van der Waals surface area (Å²) in [6.07, 6.45) is 3.76. The molecule has 0 fully saturated rings. The predicted octanol–water partition coefficient (Wildman–Crippen LogP) is 17.7. The monoisotopic (exact) mass is 942 g/mol. The summed E-state index contributed by atoms with van der Waals surface area (Å²) in [7, 11) is 0. The van der Waals surface area contributed by atoms with Crippen LogP contribution in [0.25, 0.3) is 127 Å². The molecule has 16 rings (SSSR count).